The molecule has 0 bridgehead atoms. The number of aliphatic hydroxyl groups excluding tert-OH is 1. The fourth-order valence-corrected chi connectivity index (χ4v) is 5.12. The Hall–Kier alpha value is -0.680. The van der Waals surface area contributed by atoms with Gasteiger partial charge in [0.1, 0.15) is 0 Å². The molecule has 3 N–H and O–H groups in total. The van der Waals surface area contributed by atoms with Crippen LogP contribution in [0, 0.1) is 0 Å². The lowest BCUT2D eigenvalue weighted by atomic mass is 10.2. The van der Waals surface area contributed by atoms with Crippen LogP contribution in [-0.2, 0) is 10.0 Å². The highest BCUT2D eigenvalue weighted by Crippen LogP contribution is 2.27. The van der Waals surface area contributed by atoms with Gasteiger partial charge in [-0.3, -0.25) is 0 Å². The Morgan fingerprint density at radius 1 is 1.41 bits per heavy atom. The SMILES string of the molecule is O=C(O)N1C[C@H](NS(=O)(=O)c2cc(Br)ccc2Br)C[C@@H]1CO. The number of rotatable bonds is 4. The summed E-state index contributed by atoms with van der Waals surface area (Å²) >= 11 is 6.41. The van der Waals surface area contributed by atoms with Crippen molar-refractivity contribution in [2.45, 2.75) is 23.4 Å². The molecule has 0 unspecified atom stereocenters. The van der Waals surface area contributed by atoms with Gasteiger partial charge in [-0.25, -0.2) is 17.9 Å². The summed E-state index contributed by atoms with van der Waals surface area (Å²) in [7, 11) is -3.81. The van der Waals surface area contributed by atoms with Gasteiger partial charge < -0.3 is 15.1 Å². The van der Waals surface area contributed by atoms with Crippen LogP contribution >= 0.6 is 31.9 Å². The zero-order valence-electron chi connectivity index (χ0n) is 11.2. The van der Waals surface area contributed by atoms with Crippen LogP contribution in [0.5, 0.6) is 0 Å². The maximum Gasteiger partial charge on any atom is 0.407 e. The smallest absolute Gasteiger partial charge is 0.407 e. The summed E-state index contributed by atoms with van der Waals surface area (Å²) in [4.78, 5) is 12.2. The second kappa shape index (κ2) is 6.83. The van der Waals surface area contributed by atoms with Crippen molar-refractivity contribution < 1.29 is 23.4 Å². The summed E-state index contributed by atoms with van der Waals surface area (Å²) in [6, 6.07) is 3.58. The van der Waals surface area contributed by atoms with Gasteiger partial charge in [0, 0.05) is 21.5 Å². The molecule has 1 aromatic carbocycles. The molecule has 22 heavy (non-hydrogen) atoms. The van der Waals surface area contributed by atoms with E-state index < -0.39 is 28.2 Å². The number of hydrogen-bond donors (Lipinski definition) is 3. The molecule has 1 fully saturated rings. The number of nitrogens with one attached hydrogen (secondary N) is 1. The average molecular weight is 458 g/mol. The van der Waals surface area contributed by atoms with Crippen molar-refractivity contribution in [3.05, 3.63) is 27.1 Å². The van der Waals surface area contributed by atoms with Crippen molar-refractivity contribution in [3.8, 4) is 0 Å². The molecule has 7 nitrogen and oxygen atoms in total. The first-order valence-corrected chi connectivity index (χ1v) is 9.39. The lowest BCUT2D eigenvalue weighted by Crippen LogP contribution is -2.39. The molecule has 1 aliphatic heterocycles. The molecule has 2 atom stereocenters. The highest BCUT2D eigenvalue weighted by molar-refractivity contribution is 9.11. The van der Waals surface area contributed by atoms with E-state index in [1.807, 2.05) is 0 Å². The van der Waals surface area contributed by atoms with Crippen LogP contribution in [0.15, 0.2) is 32.0 Å². The van der Waals surface area contributed by atoms with E-state index in [0.717, 1.165) is 4.90 Å². The van der Waals surface area contributed by atoms with Crippen molar-refractivity contribution in [2.24, 2.45) is 0 Å². The summed E-state index contributed by atoms with van der Waals surface area (Å²) in [5.41, 5.74) is 0. The van der Waals surface area contributed by atoms with E-state index in [2.05, 4.69) is 36.6 Å². The van der Waals surface area contributed by atoms with Gasteiger partial charge in [0.25, 0.3) is 0 Å². The van der Waals surface area contributed by atoms with Crippen molar-refractivity contribution in [1.82, 2.24) is 9.62 Å². The molecular weight excluding hydrogens is 444 g/mol. The highest BCUT2D eigenvalue weighted by Gasteiger charge is 2.37. The van der Waals surface area contributed by atoms with E-state index in [4.69, 9.17) is 5.11 Å². The Morgan fingerprint density at radius 2 is 2.09 bits per heavy atom. The van der Waals surface area contributed by atoms with E-state index >= 15 is 0 Å². The Labute approximate surface area is 144 Å². The summed E-state index contributed by atoms with van der Waals surface area (Å²) in [6.45, 7) is -0.337. The molecule has 0 saturated carbocycles. The highest BCUT2D eigenvalue weighted by atomic mass is 79.9. The average Bonchev–Trinajstić information content (AvgIpc) is 2.83. The van der Waals surface area contributed by atoms with E-state index in [0.29, 0.717) is 8.95 Å². The fraction of sp³-hybridized carbons (Fsp3) is 0.417. The number of benzene rings is 1. The number of nitrogens with zero attached hydrogens (tertiary/aromatic N) is 1. The second-order valence-corrected chi connectivity index (χ2v) is 8.35. The van der Waals surface area contributed by atoms with Crippen LogP contribution in [0.4, 0.5) is 4.79 Å². The summed E-state index contributed by atoms with van der Waals surface area (Å²) in [5, 5.41) is 18.3. The van der Waals surface area contributed by atoms with Crippen molar-refractivity contribution in [1.29, 1.82) is 0 Å². The van der Waals surface area contributed by atoms with Gasteiger partial charge in [0.2, 0.25) is 10.0 Å². The van der Waals surface area contributed by atoms with Crippen LogP contribution in [-0.4, -0.2) is 54.9 Å². The topological polar surface area (TPSA) is 107 Å². The minimum absolute atomic E-state index is 0.00537. The molecule has 0 aromatic heterocycles. The third-order valence-electron chi connectivity index (χ3n) is 3.38. The fourth-order valence-electron chi connectivity index (χ4n) is 2.38. The molecule has 1 amide bonds. The zero-order chi connectivity index (χ0) is 16.5. The largest absolute Gasteiger partial charge is 0.465 e. The molecule has 1 aliphatic rings. The lowest BCUT2D eigenvalue weighted by molar-refractivity contribution is 0.118. The molecule has 2 rings (SSSR count). The van der Waals surface area contributed by atoms with Crippen LogP contribution < -0.4 is 4.72 Å². The molecule has 122 valence electrons. The molecule has 10 heteroatoms. The van der Waals surface area contributed by atoms with E-state index in [1.165, 1.54) is 6.07 Å². The number of amides is 1. The Balaban J connectivity index is 2.20. The third kappa shape index (κ3) is 3.80. The van der Waals surface area contributed by atoms with Crippen LogP contribution in [0.25, 0.3) is 0 Å². The van der Waals surface area contributed by atoms with Gasteiger partial charge in [-0.2, -0.15) is 0 Å². The van der Waals surface area contributed by atoms with Crippen molar-refractivity contribution in [3.63, 3.8) is 0 Å². The van der Waals surface area contributed by atoms with Crippen molar-refractivity contribution in [2.75, 3.05) is 13.2 Å². The monoisotopic (exact) mass is 456 g/mol. The van der Waals surface area contributed by atoms with E-state index in [1.54, 1.807) is 12.1 Å². The number of sulfonamides is 1. The van der Waals surface area contributed by atoms with E-state index in [9.17, 15) is 18.3 Å². The number of carboxylic acid groups (broad SMARTS) is 1. The molecule has 1 saturated heterocycles. The van der Waals surface area contributed by atoms with Gasteiger partial charge in [-0.15, -0.1) is 0 Å². The second-order valence-electron chi connectivity index (χ2n) is 4.90. The third-order valence-corrected chi connectivity index (χ3v) is 6.38. The normalized spacial score (nSPS) is 22.0. The Kier molecular flexibility index (Phi) is 5.49. The number of aliphatic hydroxyl groups is 1. The van der Waals surface area contributed by atoms with Crippen LogP contribution in [0.1, 0.15) is 6.42 Å². The Morgan fingerprint density at radius 3 is 2.64 bits per heavy atom. The molecule has 1 aromatic rings. The quantitative estimate of drug-likeness (QED) is 0.636. The predicted molar refractivity (Wildman–Crippen MR) is 86.2 cm³/mol. The van der Waals surface area contributed by atoms with E-state index in [-0.39, 0.29) is 24.5 Å². The maximum absolute atomic E-state index is 12.4. The Bertz CT molecular complexity index is 682. The zero-order valence-corrected chi connectivity index (χ0v) is 15.2. The van der Waals surface area contributed by atoms with Gasteiger partial charge in [-0.05, 0) is 40.5 Å². The molecule has 0 radical (unpaired) electrons. The number of hydrogen-bond acceptors (Lipinski definition) is 4. The standard InChI is InChI=1S/C12H14Br2N2O5S/c13-7-1-2-10(14)11(3-7)22(20,21)15-8-4-9(6-17)16(5-8)12(18)19/h1-3,8-9,15,17H,4-6H2,(H,18,19)/t8-,9-/m1/s1. The molecule has 0 spiro atoms. The van der Waals surface area contributed by atoms with Gasteiger partial charge >= 0.3 is 6.09 Å². The molecule has 1 heterocycles. The van der Waals surface area contributed by atoms with Gasteiger partial charge in [-0.1, -0.05) is 15.9 Å². The first-order chi connectivity index (χ1) is 10.2. The summed E-state index contributed by atoms with van der Waals surface area (Å²) in [6.07, 6.45) is -0.947. The first-order valence-electron chi connectivity index (χ1n) is 6.32. The molecule has 0 aliphatic carbocycles. The first kappa shape index (κ1) is 17.7. The van der Waals surface area contributed by atoms with Gasteiger partial charge in [0.05, 0.1) is 17.5 Å². The van der Waals surface area contributed by atoms with Gasteiger partial charge in [0.15, 0.2) is 0 Å². The number of halogens is 2. The summed E-state index contributed by atoms with van der Waals surface area (Å²) in [5.74, 6) is 0. The van der Waals surface area contributed by atoms with Crippen LogP contribution in [0.2, 0.25) is 0 Å². The minimum atomic E-state index is -3.81. The number of likely N-dealkylation sites (tertiary alicyclic amines) is 1. The van der Waals surface area contributed by atoms with Crippen molar-refractivity contribution >= 4 is 48.0 Å². The number of carbonyl (C=O) groups is 1. The maximum atomic E-state index is 12.4. The summed E-state index contributed by atoms with van der Waals surface area (Å²) < 4.78 is 28.4. The minimum Gasteiger partial charge on any atom is -0.465 e. The molecular formula is C12H14Br2N2O5S. The predicted octanol–water partition coefficient (Wildman–Crippen LogP) is 1.60. The lowest BCUT2D eigenvalue weighted by Gasteiger charge is -2.18. The van der Waals surface area contributed by atoms with Crippen LogP contribution in [0.3, 0.4) is 0 Å².